The summed E-state index contributed by atoms with van der Waals surface area (Å²) in [5, 5.41) is 4.82. The lowest BCUT2D eigenvalue weighted by Gasteiger charge is -2.41. The Morgan fingerprint density at radius 1 is 0.286 bits per heavy atom. The topological polar surface area (TPSA) is 35.6 Å². The van der Waals surface area contributed by atoms with E-state index in [4.69, 9.17) is 9.97 Å². The van der Waals surface area contributed by atoms with Crippen LogP contribution >= 0.6 is 0 Å². The van der Waals surface area contributed by atoms with Gasteiger partial charge in [-0.2, -0.15) is 0 Å². The van der Waals surface area contributed by atoms with Crippen LogP contribution in [-0.4, -0.2) is 19.1 Å². The Morgan fingerprint density at radius 2 is 0.657 bits per heavy atom. The van der Waals surface area contributed by atoms with Gasteiger partial charge in [0.25, 0.3) is 0 Å². The minimum absolute atomic E-state index is 0.509. The third kappa shape index (κ3) is 5.09. The number of rotatable bonds is 6. The summed E-state index contributed by atoms with van der Waals surface area (Å²) in [5.74, 6) is 0.698. The van der Waals surface area contributed by atoms with Crippen molar-refractivity contribution in [2.24, 2.45) is 0 Å². The molecule has 0 fully saturated rings. The molecule has 326 valence electrons. The molecule has 0 radical (unpaired) electrons. The van der Waals surface area contributed by atoms with Gasteiger partial charge in [-0.3, -0.25) is 0 Å². The average molecular weight is 891 g/mol. The summed E-state index contributed by atoms with van der Waals surface area (Å²) in [6.07, 6.45) is 3.97. The zero-order chi connectivity index (χ0) is 46.0. The number of benzene rings is 10. The van der Waals surface area contributed by atoms with Crippen molar-refractivity contribution < 1.29 is 0 Å². The van der Waals surface area contributed by atoms with Gasteiger partial charge in [0.2, 0.25) is 0 Å². The predicted molar refractivity (Wildman–Crippen MR) is 285 cm³/mol. The molecule has 10 aromatic carbocycles. The summed E-state index contributed by atoms with van der Waals surface area (Å²) in [7, 11) is 0. The van der Waals surface area contributed by atoms with Crippen molar-refractivity contribution in [1.29, 1.82) is 0 Å². The van der Waals surface area contributed by atoms with Crippen LogP contribution < -0.4 is 0 Å². The minimum Gasteiger partial charge on any atom is -0.309 e. The van der Waals surface area contributed by atoms with Gasteiger partial charge in [-0.05, 0) is 92.5 Å². The van der Waals surface area contributed by atoms with Crippen molar-refractivity contribution in [3.8, 4) is 33.9 Å². The van der Waals surface area contributed by atoms with Crippen LogP contribution in [0.25, 0.3) is 77.5 Å². The Morgan fingerprint density at radius 3 is 1.10 bits per heavy atom. The summed E-state index contributed by atoms with van der Waals surface area (Å²) in [6, 6.07) is 89.2. The molecule has 15 rings (SSSR count). The van der Waals surface area contributed by atoms with E-state index in [1.807, 2.05) is 12.4 Å². The van der Waals surface area contributed by atoms with Crippen molar-refractivity contribution in [1.82, 2.24) is 19.1 Å². The van der Waals surface area contributed by atoms with E-state index in [0.29, 0.717) is 5.82 Å². The number of hydrogen-bond acceptors (Lipinski definition) is 2. The number of nitrogens with zero attached hydrogens (tertiary/aromatic N) is 4. The molecule has 0 amide bonds. The second-order valence-electron chi connectivity index (χ2n) is 18.8. The Balaban J connectivity index is 0.868. The lowest BCUT2D eigenvalue weighted by Crippen LogP contribution is -2.35. The van der Waals surface area contributed by atoms with E-state index in [0.717, 1.165) is 22.2 Å². The van der Waals surface area contributed by atoms with Crippen LogP contribution in [0.3, 0.4) is 0 Å². The molecule has 4 heteroatoms. The van der Waals surface area contributed by atoms with Gasteiger partial charge >= 0.3 is 0 Å². The van der Waals surface area contributed by atoms with Crippen LogP contribution in [0.1, 0.15) is 44.5 Å². The van der Waals surface area contributed by atoms with Crippen LogP contribution in [-0.2, 0) is 10.8 Å². The fourth-order valence-electron chi connectivity index (χ4n) is 12.8. The van der Waals surface area contributed by atoms with Crippen molar-refractivity contribution in [3.05, 3.63) is 300 Å². The molecule has 0 spiro atoms. The quantitative estimate of drug-likeness (QED) is 0.167. The molecule has 0 atom stereocenters. The van der Waals surface area contributed by atoms with Gasteiger partial charge in [0.1, 0.15) is 0 Å². The van der Waals surface area contributed by atoms with Gasteiger partial charge < -0.3 is 9.13 Å². The van der Waals surface area contributed by atoms with Crippen molar-refractivity contribution in [2.75, 3.05) is 0 Å². The van der Waals surface area contributed by atoms with E-state index < -0.39 is 10.8 Å². The van der Waals surface area contributed by atoms with Gasteiger partial charge in [-0.1, -0.05) is 200 Å². The third-order valence-electron chi connectivity index (χ3n) is 15.6. The van der Waals surface area contributed by atoms with Gasteiger partial charge in [-0.25, -0.2) is 9.97 Å². The van der Waals surface area contributed by atoms with Crippen LogP contribution in [0.4, 0.5) is 0 Å². The van der Waals surface area contributed by atoms with E-state index in [-0.39, 0.29) is 0 Å². The number of aromatic nitrogens is 4. The summed E-state index contributed by atoms with van der Waals surface area (Å²) in [5.41, 5.74) is 19.3. The van der Waals surface area contributed by atoms with E-state index in [1.54, 1.807) is 0 Å². The lowest BCUT2D eigenvalue weighted by molar-refractivity contribution is 0.728. The monoisotopic (exact) mass is 890 g/mol. The van der Waals surface area contributed by atoms with Gasteiger partial charge in [0.15, 0.2) is 5.82 Å². The fraction of sp³-hybridized carbons (Fsp3) is 0.0303. The third-order valence-corrected chi connectivity index (χ3v) is 15.6. The second-order valence-corrected chi connectivity index (χ2v) is 18.8. The van der Waals surface area contributed by atoms with Crippen molar-refractivity contribution in [3.63, 3.8) is 0 Å². The second kappa shape index (κ2) is 14.7. The first-order chi connectivity index (χ1) is 34.7. The zero-order valence-corrected chi connectivity index (χ0v) is 38.0. The Bertz CT molecular complexity index is 3850. The number of hydrogen-bond donors (Lipinski definition) is 0. The lowest BCUT2D eigenvalue weighted by atomic mass is 9.63. The number of para-hydroxylation sites is 4. The highest BCUT2D eigenvalue weighted by Gasteiger charge is 2.46. The zero-order valence-electron chi connectivity index (χ0n) is 38.0. The summed E-state index contributed by atoms with van der Waals surface area (Å²) in [4.78, 5) is 10.2. The first-order valence-corrected chi connectivity index (χ1v) is 24.1. The molecular weight excluding hydrogens is 849 g/mol. The van der Waals surface area contributed by atoms with Gasteiger partial charge in [-0.15, -0.1) is 0 Å². The molecule has 0 N–H and O–H groups in total. The first kappa shape index (κ1) is 38.9. The SMILES string of the molecule is c1ccc(C2(c3ccccc3)c3ccccc3-n3c4ccc(-c5cnc(-c6ccc7c(c6)c6cccc8c6n7-c6ccccc6C8(c6ccccc6)c6ccccc6)nc5)cc4c4cccc2c43)cc1. The fourth-order valence-corrected chi connectivity index (χ4v) is 12.8. The maximum absolute atomic E-state index is 5.09. The number of fused-ring (bicyclic) bond motifs is 10. The molecule has 0 aliphatic carbocycles. The Labute approximate surface area is 405 Å². The molecule has 0 bridgehead atoms. The summed E-state index contributed by atoms with van der Waals surface area (Å²) in [6.45, 7) is 0. The molecule has 13 aromatic rings. The van der Waals surface area contributed by atoms with Crippen LogP contribution in [0.2, 0.25) is 0 Å². The summed E-state index contributed by atoms with van der Waals surface area (Å²) < 4.78 is 4.97. The van der Waals surface area contributed by atoms with Crippen molar-refractivity contribution in [2.45, 2.75) is 10.8 Å². The molecule has 0 saturated heterocycles. The Hall–Kier alpha value is -9.12. The van der Waals surface area contributed by atoms with Crippen molar-refractivity contribution >= 4 is 43.6 Å². The predicted octanol–water partition coefficient (Wildman–Crippen LogP) is 15.4. The smallest absolute Gasteiger partial charge is 0.159 e. The molecule has 0 unspecified atom stereocenters. The minimum atomic E-state index is -0.513. The standard InChI is InChI=1S/C66H42N4/c1-5-19-46(20-6-1)65(47-21-7-2-8-22-47)54-29-13-15-33-60(54)69-58-37-35-43(39-52(58)50-27-17-31-56(65)62(50)69)45-41-67-64(68-42-45)44-36-38-59-53(40-44)51-28-18-32-57-63(51)70(59)61-34-16-14-30-55(61)66(57,48-23-9-3-10-24-48)49-25-11-4-12-26-49/h1-42H. The first-order valence-electron chi connectivity index (χ1n) is 24.1. The van der Waals surface area contributed by atoms with E-state index in [1.165, 1.54) is 94.0 Å². The molecule has 2 aliphatic rings. The molecule has 3 aromatic heterocycles. The molecule has 2 aliphatic heterocycles. The van der Waals surface area contributed by atoms with Crippen LogP contribution in [0.5, 0.6) is 0 Å². The molecule has 4 nitrogen and oxygen atoms in total. The van der Waals surface area contributed by atoms with E-state index >= 15 is 0 Å². The highest BCUT2D eigenvalue weighted by atomic mass is 15.0. The van der Waals surface area contributed by atoms with Crippen LogP contribution in [0, 0.1) is 0 Å². The summed E-state index contributed by atoms with van der Waals surface area (Å²) >= 11 is 0. The highest BCUT2D eigenvalue weighted by Crippen LogP contribution is 2.56. The van der Waals surface area contributed by atoms with Gasteiger partial charge in [0, 0.05) is 45.1 Å². The molecule has 70 heavy (non-hydrogen) atoms. The van der Waals surface area contributed by atoms with E-state index in [2.05, 4.69) is 252 Å². The van der Waals surface area contributed by atoms with Gasteiger partial charge in [0.05, 0.1) is 44.3 Å². The highest BCUT2D eigenvalue weighted by molar-refractivity contribution is 6.14. The molecule has 5 heterocycles. The maximum Gasteiger partial charge on any atom is 0.159 e. The Kier molecular flexibility index (Phi) is 8.17. The van der Waals surface area contributed by atoms with Crippen LogP contribution in [0.15, 0.2) is 255 Å². The van der Waals surface area contributed by atoms with E-state index in [9.17, 15) is 0 Å². The molecule has 0 saturated carbocycles. The molecular formula is C66H42N4. The normalized spacial score (nSPS) is 13.9. The largest absolute Gasteiger partial charge is 0.309 e. The maximum atomic E-state index is 5.09. The average Bonchev–Trinajstić information content (AvgIpc) is 3.96.